The molecule has 1 aromatic rings. The van der Waals surface area contributed by atoms with E-state index in [1.165, 1.54) is 6.92 Å². The van der Waals surface area contributed by atoms with Crippen molar-refractivity contribution in [2.45, 2.75) is 101 Å². The van der Waals surface area contributed by atoms with Crippen LogP contribution in [0.4, 0.5) is 0 Å². The summed E-state index contributed by atoms with van der Waals surface area (Å²) in [5, 5.41) is 12.3. The number of methoxy groups -OCH3 is 1. The molecule has 12 heteroatoms. The molecular formula is C31H39NO11. The van der Waals surface area contributed by atoms with E-state index in [0.29, 0.717) is 30.9 Å². The average molecular weight is 602 g/mol. The molecule has 2 aliphatic heterocycles. The summed E-state index contributed by atoms with van der Waals surface area (Å²) >= 11 is 0. The molecule has 5 rings (SSSR count). The molecule has 2 bridgehead atoms. The number of piperidine rings is 1. The fourth-order valence-electron chi connectivity index (χ4n) is 6.99. The summed E-state index contributed by atoms with van der Waals surface area (Å²) in [5.74, 6) is -2.32. The van der Waals surface area contributed by atoms with E-state index in [1.54, 1.807) is 34.0 Å². The van der Waals surface area contributed by atoms with Crippen LogP contribution in [0.15, 0.2) is 24.0 Å². The summed E-state index contributed by atoms with van der Waals surface area (Å²) in [6.07, 6.45) is -1.36. The summed E-state index contributed by atoms with van der Waals surface area (Å²) in [6.45, 7) is 8.07. The highest BCUT2D eigenvalue weighted by Crippen LogP contribution is 2.65. The molecule has 4 aliphatic rings. The summed E-state index contributed by atoms with van der Waals surface area (Å²) in [4.78, 5) is 52.2. The van der Waals surface area contributed by atoms with Crippen LogP contribution in [0.2, 0.25) is 0 Å². The van der Waals surface area contributed by atoms with E-state index in [1.807, 2.05) is 19.2 Å². The minimum absolute atomic E-state index is 0.171. The second-order valence-corrected chi connectivity index (χ2v) is 12.7. The van der Waals surface area contributed by atoms with Gasteiger partial charge in [-0.3, -0.25) is 9.59 Å². The lowest BCUT2D eigenvalue weighted by molar-refractivity contribution is -0.182. The summed E-state index contributed by atoms with van der Waals surface area (Å²) in [5.41, 5.74) is -0.939. The van der Waals surface area contributed by atoms with E-state index in [0.717, 1.165) is 18.1 Å². The Bertz CT molecular complexity index is 1380. The van der Waals surface area contributed by atoms with Crippen LogP contribution in [0.1, 0.15) is 65.0 Å². The molecule has 6 atom stereocenters. The molecule has 0 radical (unpaired) electrons. The van der Waals surface area contributed by atoms with Crippen molar-refractivity contribution >= 4 is 23.9 Å². The maximum atomic E-state index is 13.3. The maximum Gasteiger partial charge on any atom is 0.352 e. The zero-order valence-corrected chi connectivity index (χ0v) is 25.6. The van der Waals surface area contributed by atoms with Crippen molar-refractivity contribution < 1.29 is 52.7 Å². The molecule has 234 valence electrons. The van der Waals surface area contributed by atoms with Crippen LogP contribution < -0.4 is 9.47 Å². The van der Waals surface area contributed by atoms with Gasteiger partial charge >= 0.3 is 23.9 Å². The monoisotopic (exact) mass is 601 g/mol. The first kappa shape index (κ1) is 30.8. The number of rotatable bonds is 8. The van der Waals surface area contributed by atoms with E-state index in [4.69, 9.17) is 28.4 Å². The van der Waals surface area contributed by atoms with Crippen molar-refractivity contribution in [2.24, 2.45) is 0 Å². The highest BCUT2D eigenvalue weighted by atomic mass is 16.6. The van der Waals surface area contributed by atoms with Crippen molar-refractivity contribution in [3.8, 4) is 11.5 Å². The first-order chi connectivity index (χ1) is 20.1. The normalized spacial score (nSPS) is 28.3. The van der Waals surface area contributed by atoms with Crippen molar-refractivity contribution in [3.05, 3.63) is 35.1 Å². The Balaban J connectivity index is 1.36. The Hall–Kier alpha value is -3.64. The van der Waals surface area contributed by atoms with Gasteiger partial charge in [-0.15, -0.1) is 0 Å². The zero-order valence-electron chi connectivity index (χ0n) is 25.6. The van der Waals surface area contributed by atoms with Gasteiger partial charge in [-0.05, 0) is 71.8 Å². The Morgan fingerprint density at radius 3 is 2.53 bits per heavy atom. The number of ether oxygens (including phenoxy) is 6. The molecule has 1 spiro atoms. The van der Waals surface area contributed by atoms with Crippen molar-refractivity contribution in [1.82, 2.24) is 4.90 Å². The molecule has 0 saturated carbocycles. The number of nitrogens with zero attached hydrogens (tertiary/aromatic N) is 1. The third-order valence-electron chi connectivity index (χ3n) is 8.74. The molecule has 1 fully saturated rings. The number of esters is 4. The van der Waals surface area contributed by atoms with Gasteiger partial charge in [-0.1, -0.05) is 6.07 Å². The molecule has 0 amide bonds. The van der Waals surface area contributed by atoms with Crippen molar-refractivity contribution in [2.75, 3.05) is 20.7 Å². The SMILES string of the molecule is COc1ccc2c3c1O[C@H]1C(OC(=O)[C@H](C)OC(=O)[C@H](CC(=O)OC(C)(C)C)OC(C)=O)=CC[C@@]4(O)[C@H](C2)N(C)CC[C@]314. The van der Waals surface area contributed by atoms with Crippen molar-refractivity contribution in [3.63, 3.8) is 0 Å². The summed E-state index contributed by atoms with van der Waals surface area (Å²) < 4.78 is 33.4. The predicted molar refractivity (Wildman–Crippen MR) is 149 cm³/mol. The van der Waals surface area contributed by atoms with Crippen LogP contribution >= 0.6 is 0 Å². The fourth-order valence-corrected chi connectivity index (χ4v) is 6.99. The van der Waals surface area contributed by atoms with Crippen LogP contribution in [-0.2, 0) is 50.0 Å². The highest BCUT2D eigenvalue weighted by Gasteiger charge is 2.72. The molecule has 1 N–H and O–H groups in total. The maximum absolute atomic E-state index is 13.3. The first-order valence-electron chi connectivity index (χ1n) is 14.4. The third kappa shape index (κ3) is 5.14. The third-order valence-corrected chi connectivity index (χ3v) is 8.74. The number of aliphatic hydroxyl groups is 1. The lowest BCUT2D eigenvalue weighted by Gasteiger charge is -2.61. The molecule has 1 saturated heterocycles. The Morgan fingerprint density at radius 2 is 1.88 bits per heavy atom. The number of likely N-dealkylation sites (N-methyl/N-ethyl adjacent to an activating group) is 1. The van der Waals surface area contributed by atoms with Gasteiger partial charge in [-0.25, -0.2) is 9.59 Å². The molecule has 0 aromatic heterocycles. The van der Waals surface area contributed by atoms with Gasteiger partial charge in [0.1, 0.15) is 11.4 Å². The van der Waals surface area contributed by atoms with E-state index in [9.17, 15) is 24.3 Å². The molecule has 2 heterocycles. The average Bonchev–Trinajstić information content (AvgIpc) is 3.26. The van der Waals surface area contributed by atoms with Gasteiger partial charge in [0.05, 0.1) is 24.5 Å². The van der Waals surface area contributed by atoms with Gasteiger partial charge in [0, 0.05) is 24.9 Å². The number of hydrogen-bond donors (Lipinski definition) is 1. The molecule has 2 aliphatic carbocycles. The van der Waals surface area contributed by atoms with E-state index >= 15 is 0 Å². The van der Waals surface area contributed by atoms with Gasteiger partial charge in [0.2, 0.25) is 6.10 Å². The quantitative estimate of drug-likeness (QED) is 0.344. The highest BCUT2D eigenvalue weighted by molar-refractivity contribution is 5.86. The number of carbonyl (C=O) groups is 4. The van der Waals surface area contributed by atoms with Crippen LogP contribution in [0.25, 0.3) is 0 Å². The topological polar surface area (TPSA) is 147 Å². The smallest absolute Gasteiger partial charge is 0.352 e. The number of hydrogen-bond acceptors (Lipinski definition) is 12. The predicted octanol–water partition coefficient (Wildman–Crippen LogP) is 2.11. The zero-order chi connectivity index (χ0) is 31.5. The van der Waals surface area contributed by atoms with Gasteiger partial charge < -0.3 is 38.4 Å². The van der Waals surface area contributed by atoms with Gasteiger partial charge in [0.15, 0.2) is 23.7 Å². The molecule has 1 aromatic carbocycles. The Labute approximate surface area is 250 Å². The minimum Gasteiger partial charge on any atom is -0.493 e. The fraction of sp³-hybridized carbons (Fsp3) is 0.613. The second-order valence-electron chi connectivity index (χ2n) is 12.7. The summed E-state index contributed by atoms with van der Waals surface area (Å²) in [7, 11) is 3.54. The standard InChI is InChI=1S/C31H39NO11/c1-16(39-28(36)21(40-17(2)33)15-23(34)43-29(3,4)5)27(35)41-20-10-11-31(37)22-14-18-8-9-19(38-7)25-24(18)30(31,26(20)42-25)12-13-32(22)6/h8-10,16,21-22,26,37H,11-15H2,1-7H3/t16-,21-,22-,26-,30-,31+/m0/s1. The summed E-state index contributed by atoms with van der Waals surface area (Å²) in [6, 6.07) is 3.67. The lowest BCUT2D eigenvalue weighted by atomic mass is 9.50. The Kier molecular flexibility index (Phi) is 7.75. The van der Waals surface area contributed by atoms with Crippen LogP contribution in [0.5, 0.6) is 11.5 Å². The second kappa shape index (κ2) is 10.8. The van der Waals surface area contributed by atoms with Crippen LogP contribution in [-0.4, -0.2) is 90.1 Å². The van der Waals surface area contributed by atoms with Crippen LogP contribution in [0, 0.1) is 0 Å². The van der Waals surface area contributed by atoms with Gasteiger partial charge in [-0.2, -0.15) is 0 Å². The molecule has 0 unspecified atom stereocenters. The van der Waals surface area contributed by atoms with Gasteiger partial charge in [0.25, 0.3) is 0 Å². The van der Waals surface area contributed by atoms with E-state index in [2.05, 4.69) is 4.90 Å². The molecule has 12 nitrogen and oxygen atoms in total. The molecular weight excluding hydrogens is 562 g/mol. The minimum atomic E-state index is -1.61. The number of carbonyl (C=O) groups excluding carboxylic acids is 4. The van der Waals surface area contributed by atoms with Crippen LogP contribution in [0.3, 0.4) is 0 Å². The first-order valence-corrected chi connectivity index (χ1v) is 14.4. The van der Waals surface area contributed by atoms with E-state index in [-0.39, 0.29) is 18.2 Å². The number of benzene rings is 1. The molecule has 43 heavy (non-hydrogen) atoms. The number of likely N-dealkylation sites (tertiary alicyclic amines) is 1. The van der Waals surface area contributed by atoms with E-state index < -0.39 is 65.2 Å². The van der Waals surface area contributed by atoms with Crippen molar-refractivity contribution in [1.29, 1.82) is 0 Å². The Morgan fingerprint density at radius 1 is 1.16 bits per heavy atom. The largest absolute Gasteiger partial charge is 0.493 e. The lowest BCUT2D eigenvalue weighted by Crippen LogP contribution is -2.74.